The van der Waals surface area contributed by atoms with Gasteiger partial charge in [0.15, 0.2) is 0 Å². The van der Waals surface area contributed by atoms with Crippen LogP contribution in [0.15, 0.2) is 29.6 Å². The molecule has 0 aliphatic heterocycles. The van der Waals surface area contributed by atoms with Crippen LogP contribution in [0, 0.1) is 0 Å². The molecule has 7 heteroatoms. The van der Waals surface area contributed by atoms with E-state index in [1.807, 2.05) is 31.2 Å². The molecule has 0 bridgehead atoms. The van der Waals surface area contributed by atoms with Crippen LogP contribution in [-0.2, 0) is 24.4 Å². The smallest absolute Gasteiger partial charge is 0.271 e. The standard InChI is InChI=1S/C15H19N3O2S.ClH/c1-2-20-9-12-5-3-11(4-6-12)8-17-15(19)13-10-21-14(7-16)18-13;/h3-6,10H,2,7-9,16H2,1H3,(H,17,19);1H. The van der Waals surface area contributed by atoms with E-state index >= 15 is 0 Å². The van der Waals surface area contributed by atoms with E-state index in [2.05, 4.69) is 10.3 Å². The summed E-state index contributed by atoms with van der Waals surface area (Å²) in [6.07, 6.45) is 0. The number of halogens is 1. The SMILES string of the molecule is CCOCc1ccc(CNC(=O)c2csc(CN)n2)cc1.Cl. The molecule has 1 aromatic carbocycles. The first-order valence-electron chi connectivity index (χ1n) is 6.81. The van der Waals surface area contributed by atoms with Gasteiger partial charge in [0.05, 0.1) is 6.61 Å². The van der Waals surface area contributed by atoms with Gasteiger partial charge in [-0.2, -0.15) is 0 Å². The molecule has 0 atom stereocenters. The van der Waals surface area contributed by atoms with E-state index in [1.54, 1.807) is 5.38 Å². The zero-order valence-electron chi connectivity index (χ0n) is 12.4. The van der Waals surface area contributed by atoms with Gasteiger partial charge in [0.1, 0.15) is 10.7 Å². The number of nitrogens with two attached hydrogens (primary N) is 1. The highest BCUT2D eigenvalue weighted by Gasteiger charge is 2.09. The molecule has 2 aromatic rings. The predicted octanol–water partition coefficient (Wildman–Crippen LogP) is 2.49. The van der Waals surface area contributed by atoms with Gasteiger partial charge in [-0.3, -0.25) is 4.79 Å². The molecule has 0 fully saturated rings. The molecule has 0 unspecified atom stereocenters. The van der Waals surface area contributed by atoms with Gasteiger partial charge in [-0.25, -0.2) is 4.98 Å². The molecule has 0 saturated heterocycles. The summed E-state index contributed by atoms with van der Waals surface area (Å²) in [6.45, 7) is 4.13. The van der Waals surface area contributed by atoms with Crippen molar-refractivity contribution in [2.24, 2.45) is 5.73 Å². The lowest BCUT2D eigenvalue weighted by Crippen LogP contribution is -2.23. The number of nitrogens with one attached hydrogen (secondary N) is 1. The van der Waals surface area contributed by atoms with Gasteiger partial charge in [-0.1, -0.05) is 24.3 Å². The predicted molar refractivity (Wildman–Crippen MR) is 90.2 cm³/mol. The number of rotatable bonds is 7. The summed E-state index contributed by atoms with van der Waals surface area (Å²) < 4.78 is 5.34. The number of ether oxygens (including phenoxy) is 1. The van der Waals surface area contributed by atoms with Gasteiger partial charge in [0, 0.05) is 25.1 Å². The molecule has 1 amide bonds. The first-order valence-corrected chi connectivity index (χ1v) is 7.69. The van der Waals surface area contributed by atoms with Crippen LogP contribution in [-0.4, -0.2) is 17.5 Å². The number of thiazole rings is 1. The first-order chi connectivity index (χ1) is 10.2. The molecule has 0 spiro atoms. The highest BCUT2D eigenvalue weighted by atomic mass is 35.5. The Kier molecular flexibility index (Phi) is 8.05. The minimum absolute atomic E-state index is 0. The molecular formula is C15H20ClN3O2S. The van der Waals surface area contributed by atoms with Crippen molar-refractivity contribution >= 4 is 29.7 Å². The van der Waals surface area contributed by atoms with E-state index in [1.165, 1.54) is 11.3 Å². The Balaban J connectivity index is 0.00000242. The fourth-order valence-corrected chi connectivity index (χ4v) is 2.41. The number of benzene rings is 1. The Labute approximate surface area is 140 Å². The highest BCUT2D eigenvalue weighted by Crippen LogP contribution is 2.09. The van der Waals surface area contributed by atoms with Gasteiger partial charge >= 0.3 is 0 Å². The molecule has 22 heavy (non-hydrogen) atoms. The minimum Gasteiger partial charge on any atom is -0.377 e. The van der Waals surface area contributed by atoms with Gasteiger partial charge in [-0.05, 0) is 18.1 Å². The quantitative estimate of drug-likeness (QED) is 0.811. The Morgan fingerprint density at radius 1 is 1.32 bits per heavy atom. The molecule has 0 aliphatic carbocycles. The number of amides is 1. The zero-order valence-corrected chi connectivity index (χ0v) is 14.0. The zero-order chi connectivity index (χ0) is 15.1. The van der Waals surface area contributed by atoms with Crippen LogP contribution < -0.4 is 11.1 Å². The fourth-order valence-electron chi connectivity index (χ4n) is 1.76. The fraction of sp³-hybridized carbons (Fsp3) is 0.333. The number of aromatic nitrogens is 1. The molecule has 5 nitrogen and oxygen atoms in total. The third-order valence-corrected chi connectivity index (χ3v) is 3.78. The molecule has 1 aromatic heterocycles. The second-order valence-electron chi connectivity index (χ2n) is 4.47. The summed E-state index contributed by atoms with van der Waals surface area (Å²) in [5, 5.41) is 5.34. The van der Waals surface area contributed by atoms with Crippen LogP contribution >= 0.6 is 23.7 Å². The minimum atomic E-state index is -0.177. The lowest BCUT2D eigenvalue weighted by atomic mass is 10.1. The topological polar surface area (TPSA) is 77.2 Å². The third kappa shape index (κ3) is 5.38. The van der Waals surface area contributed by atoms with Gasteiger partial charge < -0.3 is 15.8 Å². The Morgan fingerprint density at radius 3 is 2.59 bits per heavy atom. The second-order valence-corrected chi connectivity index (χ2v) is 5.41. The van der Waals surface area contributed by atoms with Crippen molar-refractivity contribution in [1.29, 1.82) is 0 Å². The summed E-state index contributed by atoms with van der Waals surface area (Å²) in [4.78, 5) is 16.1. The molecule has 0 radical (unpaired) electrons. The van der Waals surface area contributed by atoms with Crippen molar-refractivity contribution in [3.8, 4) is 0 Å². The molecule has 0 aliphatic rings. The van der Waals surface area contributed by atoms with Crippen molar-refractivity contribution in [1.82, 2.24) is 10.3 Å². The van der Waals surface area contributed by atoms with Crippen molar-refractivity contribution < 1.29 is 9.53 Å². The average Bonchev–Trinajstić information content (AvgIpc) is 3.00. The summed E-state index contributed by atoms with van der Waals surface area (Å²) in [5.41, 5.74) is 8.07. The summed E-state index contributed by atoms with van der Waals surface area (Å²) in [5.74, 6) is -0.177. The molecule has 1 heterocycles. The third-order valence-electron chi connectivity index (χ3n) is 2.91. The number of carbonyl (C=O) groups excluding carboxylic acids is 1. The summed E-state index contributed by atoms with van der Waals surface area (Å²) >= 11 is 1.40. The van der Waals surface area contributed by atoms with Gasteiger partial charge in [0.2, 0.25) is 0 Å². The molecular weight excluding hydrogens is 322 g/mol. The maximum atomic E-state index is 11.9. The van der Waals surface area contributed by atoms with E-state index in [0.717, 1.165) is 16.1 Å². The molecule has 3 N–H and O–H groups in total. The molecule has 2 rings (SSSR count). The monoisotopic (exact) mass is 341 g/mol. The number of nitrogens with zero attached hydrogens (tertiary/aromatic N) is 1. The summed E-state index contributed by atoms with van der Waals surface area (Å²) in [7, 11) is 0. The normalized spacial score (nSPS) is 10.1. The van der Waals surface area contributed by atoms with Gasteiger partial charge in [-0.15, -0.1) is 23.7 Å². The van der Waals surface area contributed by atoms with Crippen molar-refractivity contribution in [2.75, 3.05) is 6.61 Å². The van der Waals surface area contributed by atoms with Crippen LogP contribution in [0.25, 0.3) is 0 Å². The Hall–Kier alpha value is -1.47. The Morgan fingerprint density at radius 2 is 2.00 bits per heavy atom. The van der Waals surface area contributed by atoms with E-state index in [9.17, 15) is 4.79 Å². The van der Waals surface area contributed by atoms with Crippen LogP contribution in [0.4, 0.5) is 0 Å². The largest absolute Gasteiger partial charge is 0.377 e. The van der Waals surface area contributed by atoms with Crippen molar-refractivity contribution in [3.63, 3.8) is 0 Å². The van der Waals surface area contributed by atoms with Crippen LogP contribution in [0.2, 0.25) is 0 Å². The van der Waals surface area contributed by atoms with Crippen molar-refractivity contribution in [2.45, 2.75) is 26.6 Å². The number of hydrogen-bond acceptors (Lipinski definition) is 5. The number of carbonyl (C=O) groups is 1. The van der Waals surface area contributed by atoms with Gasteiger partial charge in [0.25, 0.3) is 5.91 Å². The average molecular weight is 342 g/mol. The Bertz CT molecular complexity index is 587. The first kappa shape index (κ1) is 18.6. The van der Waals surface area contributed by atoms with Crippen LogP contribution in [0.3, 0.4) is 0 Å². The highest BCUT2D eigenvalue weighted by molar-refractivity contribution is 7.09. The maximum absolute atomic E-state index is 11.9. The molecule has 0 saturated carbocycles. The van der Waals surface area contributed by atoms with Crippen LogP contribution in [0.1, 0.15) is 33.5 Å². The maximum Gasteiger partial charge on any atom is 0.271 e. The van der Waals surface area contributed by atoms with E-state index in [-0.39, 0.29) is 18.3 Å². The lowest BCUT2D eigenvalue weighted by molar-refractivity contribution is 0.0946. The number of hydrogen-bond donors (Lipinski definition) is 2. The van der Waals surface area contributed by atoms with Crippen LogP contribution in [0.5, 0.6) is 0 Å². The lowest BCUT2D eigenvalue weighted by Gasteiger charge is -2.05. The van der Waals surface area contributed by atoms with E-state index < -0.39 is 0 Å². The summed E-state index contributed by atoms with van der Waals surface area (Å²) in [6, 6.07) is 7.99. The van der Waals surface area contributed by atoms with E-state index in [0.29, 0.717) is 32.0 Å². The molecule has 120 valence electrons. The van der Waals surface area contributed by atoms with Crippen molar-refractivity contribution in [3.05, 3.63) is 51.5 Å². The van der Waals surface area contributed by atoms with E-state index in [4.69, 9.17) is 10.5 Å². The second kappa shape index (κ2) is 9.53.